The Kier molecular flexibility index (Phi) is 2.04. The second kappa shape index (κ2) is 2.54. The highest BCUT2D eigenvalue weighted by Crippen LogP contribution is 2.31. The van der Waals surface area contributed by atoms with E-state index in [0.717, 1.165) is 5.92 Å². The van der Waals surface area contributed by atoms with Gasteiger partial charge in [0.05, 0.1) is 11.7 Å². The lowest BCUT2D eigenvalue weighted by atomic mass is 9.83. The van der Waals surface area contributed by atoms with Gasteiger partial charge in [-0.2, -0.15) is 0 Å². The molecular weight excluding hydrogens is 124 g/mol. The molecular formula is C9H18O. The van der Waals surface area contributed by atoms with Crippen molar-refractivity contribution in [2.45, 2.75) is 52.2 Å². The molecule has 0 unspecified atom stereocenters. The molecule has 1 fully saturated rings. The van der Waals surface area contributed by atoms with Crippen molar-refractivity contribution in [2.24, 2.45) is 5.92 Å². The Morgan fingerprint density at radius 1 is 1.20 bits per heavy atom. The Morgan fingerprint density at radius 2 is 1.70 bits per heavy atom. The Bertz CT molecular complexity index is 106. The van der Waals surface area contributed by atoms with Crippen molar-refractivity contribution in [3.05, 3.63) is 0 Å². The van der Waals surface area contributed by atoms with E-state index in [1.165, 1.54) is 12.8 Å². The minimum absolute atomic E-state index is 0.0603. The predicted octanol–water partition coefficient (Wildman–Crippen LogP) is 2.60. The van der Waals surface area contributed by atoms with Crippen LogP contribution in [0.25, 0.3) is 0 Å². The molecule has 0 spiro atoms. The summed E-state index contributed by atoms with van der Waals surface area (Å²) < 4.78 is 5.74. The van der Waals surface area contributed by atoms with E-state index in [1.807, 2.05) is 0 Å². The van der Waals surface area contributed by atoms with Crippen molar-refractivity contribution >= 4 is 0 Å². The number of hydrogen-bond donors (Lipinski definition) is 0. The molecule has 1 heteroatoms. The van der Waals surface area contributed by atoms with E-state index in [-0.39, 0.29) is 5.60 Å². The van der Waals surface area contributed by atoms with Crippen LogP contribution in [-0.2, 0) is 4.74 Å². The lowest BCUT2D eigenvalue weighted by Gasteiger charge is -2.37. The highest BCUT2D eigenvalue weighted by atomic mass is 16.5. The minimum Gasteiger partial charge on any atom is -0.373 e. The van der Waals surface area contributed by atoms with Crippen LogP contribution in [0.2, 0.25) is 0 Å². The van der Waals surface area contributed by atoms with E-state index >= 15 is 0 Å². The molecule has 0 aromatic rings. The molecule has 10 heavy (non-hydrogen) atoms. The standard InChI is InChI=1S/C9H18O/c1-7-5-8(6-7)10-9(2,3)4/h7-8H,5-6H2,1-4H3. The summed E-state index contributed by atoms with van der Waals surface area (Å²) in [5.41, 5.74) is 0.0603. The molecule has 1 aliphatic carbocycles. The van der Waals surface area contributed by atoms with Gasteiger partial charge in [-0.25, -0.2) is 0 Å². The van der Waals surface area contributed by atoms with Crippen molar-refractivity contribution in [3.63, 3.8) is 0 Å². The first-order chi connectivity index (χ1) is 4.47. The summed E-state index contributed by atoms with van der Waals surface area (Å²) in [6.07, 6.45) is 3.07. The van der Waals surface area contributed by atoms with Gasteiger partial charge in [0, 0.05) is 0 Å². The van der Waals surface area contributed by atoms with Crippen molar-refractivity contribution in [1.82, 2.24) is 0 Å². The smallest absolute Gasteiger partial charge is 0.0602 e. The zero-order valence-corrected chi connectivity index (χ0v) is 7.48. The van der Waals surface area contributed by atoms with Gasteiger partial charge in [-0.1, -0.05) is 6.92 Å². The number of rotatable bonds is 1. The molecule has 0 aliphatic heterocycles. The van der Waals surface area contributed by atoms with Gasteiger partial charge < -0.3 is 4.74 Å². The Morgan fingerprint density at radius 3 is 2.00 bits per heavy atom. The molecule has 0 aromatic heterocycles. The topological polar surface area (TPSA) is 9.23 Å². The van der Waals surface area contributed by atoms with E-state index < -0.39 is 0 Å². The maximum atomic E-state index is 5.74. The molecule has 0 atom stereocenters. The van der Waals surface area contributed by atoms with Crippen LogP contribution in [0.3, 0.4) is 0 Å². The van der Waals surface area contributed by atoms with Crippen LogP contribution in [-0.4, -0.2) is 11.7 Å². The Balaban J connectivity index is 2.16. The van der Waals surface area contributed by atoms with Crippen LogP contribution in [0.4, 0.5) is 0 Å². The first kappa shape index (κ1) is 8.06. The van der Waals surface area contributed by atoms with Gasteiger partial charge in [0.15, 0.2) is 0 Å². The third kappa shape index (κ3) is 2.30. The molecule has 1 saturated carbocycles. The van der Waals surface area contributed by atoms with Crippen LogP contribution in [0, 0.1) is 5.92 Å². The fourth-order valence-corrected chi connectivity index (χ4v) is 1.42. The van der Waals surface area contributed by atoms with Crippen molar-refractivity contribution in [2.75, 3.05) is 0 Å². The summed E-state index contributed by atoms with van der Waals surface area (Å²) in [4.78, 5) is 0. The van der Waals surface area contributed by atoms with Gasteiger partial charge >= 0.3 is 0 Å². The second-order valence-electron chi connectivity index (χ2n) is 4.43. The summed E-state index contributed by atoms with van der Waals surface area (Å²) in [7, 11) is 0. The lowest BCUT2D eigenvalue weighted by molar-refractivity contribution is -0.108. The average Bonchev–Trinajstić information content (AvgIpc) is 1.57. The largest absolute Gasteiger partial charge is 0.373 e. The molecule has 0 aromatic carbocycles. The Labute approximate surface area is 63.8 Å². The maximum absolute atomic E-state index is 5.74. The molecule has 1 aliphatic rings. The van der Waals surface area contributed by atoms with Crippen molar-refractivity contribution in [1.29, 1.82) is 0 Å². The molecule has 0 amide bonds. The van der Waals surface area contributed by atoms with Crippen molar-refractivity contribution < 1.29 is 4.74 Å². The van der Waals surface area contributed by atoms with Crippen molar-refractivity contribution in [3.8, 4) is 0 Å². The number of hydrogen-bond acceptors (Lipinski definition) is 1. The molecule has 0 bridgehead atoms. The second-order valence-corrected chi connectivity index (χ2v) is 4.43. The van der Waals surface area contributed by atoms with E-state index in [4.69, 9.17) is 4.74 Å². The zero-order valence-electron chi connectivity index (χ0n) is 7.48. The Hall–Kier alpha value is -0.0400. The van der Waals surface area contributed by atoms with E-state index in [9.17, 15) is 0 Å². The van der Waals surface area contributed by atoms with E-state index in [0.29, 0.717) is 6.10 Å². The summed E-state index contributed by atoms with van der Waals surface area (Å²) in [5.74, 6) is 0.896. The van der Waals surface area contributed by atoms with E-state index in [1.54, 1.807) is 0 Å². The highest BCUT2D eigenvalue weighted by Gasteiger charge is 2.29. The first-order valence-electron chi connectivity index (χ1n) is 4.15. The fraction of sp³-hybridized carbons (Fsp3) is 1.00. The quantitative estimate of drug-likeness (QED) is 0.547. The highest BCUT2D eigenvalue weighted by molar-refractivity contribution is 4.79. The van der Waals surface area contributed by atoms with Gasteiger partial charge in [-0.3, -0.25) is 0 Å². The summed E-state index contributed by atoms with van der Waals surface area (Å²) >= 11 is 0. The third-order valence-electron chi connectivity index (χ3n) is 1.85. The molecule has 0 saturated heterocycles. The monoisotopic (exact) mass is 142 g/mol. The average molecular weight is 142 g/mol. The van der Waals surface area contributed by atoms with E-state index in [2.05, 4.69) is 27.7 Å². The normalized spacial score (nSPS) is 33.6. The molecule has 1 nitrogen and oxygen atoms in total. The maximum Gasteiger partial charge on any atom is 0.0602 e. The van der Waals surface area contributed by atoms with Gasteiger partial charge in [-0.05, 0) is 39.5 Å². The van der Waals surface area contributed by atoms with Crippen LogP contribution in [0.15, 0.2) is 0 Å². The summed E-state index contributed by atoms with van der Waals surface area (Å²) in [6.45, 7) is 8.64. The van der Waals surface area contributed by atoms with Gasteiger partial charge in [0.1, 0.15) is 0 Å². The molecule has 60 valence electrons. The predicted molar refractivity (Wildman–Crippen MR) is 43.0 cm³/mol. The van der Waals surface area contributed by atoms with Crippen LogP contribution >= 0.6 is 0 Å². The summed E-state index contributed by atoms with van der Waals surface area (Å²) in [5, 5.41) is 0. The third-order valence-corrected chi connectivity index (χ3v) is 1.85. The molecule has 0 heterocycles. The van der Waals surface area contributed by atoms with Crippen LogP contribution < -0.4 is 0 Å². The van der Waals surface area contributed by atoms with Gasteiger partial charge in [0.2, 0.25) is 0 Å². The summed E-state index contributed by atoms with van der Waals surface area (Å²) in [6, 6.07) is 0. The molecule has 1 rings (SSSR count). The molecule has 0 N–H and O–H groups in total. The van der Waals surface area contributed by atoms with Gasteiger partial charge in [0.25, 0.3) is 0 Å². The van der Waals surface area contributed by atoms with Crippen LogP contribution in [0.5, 0.6) is 0 Å². The first-order valence-corrected chi connectivity index (χ1v) is 4.15. The van der Waals surface area contributed by atoms with Crippen LogP contribution in [0.1, 0.15) is 40.5 Å². The fourth-order valence-electron chi connectivity index (χ4n) is 1.42. The lowest BCUT2D eigenvalue weighted by Crippen LogP contribution is -2.36. The molecule has 0 radical (unpaired) electrons. The number of ether oxygens (including phenoxy) is 1. The van der Waals surface area contributed by atoms with Gasteiger partial charge in [-0.15, -0.1) is 0 Å². The minimum atomic E-state index is 0.0603. The zero-order chi connectivity index (χ0) is 7.78. The SMILES string of the molecule is CC1CC(OC(C)(C)C)C1.